The van der Waals surface area contributed by atoms with E-state index < -0.39 is 23.3 Å². The number of anilines is 1. The number of alkyl halides is 2. The van der Waals surface area contributed by atoms with Gasteiger partial charge in [-0.1, -0.05) is 11.3 Å². The lowest BCUT2D eigenvalue weighted by Crippen LogP contribution is -2.51. The Morgan fingerprint density at radius 3 is 2.69 bits per heavy atom. The Hall–Kier alpha value is -2.20. The zero-order valence-electron chi connectivity index (χ0n) is 15.6. The Labute approximate surface area is 169 Å². The quantitative estimate of drug-likeness (QED) is 0.768. The van der Waals surface area contributed by atoms with Crippen molar-refractivity contribution in [2.24, 2.45) is 0 Å². The predicted molar refractivity (Wildman–Crippen MR) is 101 cm³/mol. The standard InChI is InChI=1S/C19H20F3N5OS/c20-16-4-1-11(7-24-16)19(21,22)17(28)26-6-5-14-15(10-26)29-18(25-14)27-12-2-3-13(27)9-23-8-12/h1,4,7,12-13,23H,2-3,5-6,8-10H2. The molecule has 5 rings (SSSR count). The van der Waals surface area contributed by atoms with Crippen LogP contribution >= 0.6 is 11.3 Å². The lowest BCUT2D eigenvalue weighted by Gasteiger charge is -2.35. The smallest absolute Gasteiger partial charge is 0.340 e. The molecule has 29 heavy (non-hydrogen) atoms. The Bertz CT molecular complexity index is 918. The molecule has 10 heteroatoms. The van der Waals surface area contributed by atoms with Crippen LogP contribution in [0.4, 0.5) is 18.3 Å². The highest BCUT2D eigenvalue weighted by molar-refractivity contribution is 7.15. The predicted octanol–water partition coefficient (Wildman–Crippen LogP) is 2.29. The molecular formula is C19H20F3N5OS. The van der Waals surface area contributed by atoms with Gasteiger partial charge in [-0.25, -0.2) is 9.97 Å². The summed E-state index contributed by atoms with van der Waals surface area (Å²) in [5.74, 6) is -5.89. The molecule has 0 saturated carbocycles. The number of thiazole rings is 1. The van der Waals surface area contributed by atoms with Crippen LogP contribution in [-0.2, 0) is 23.7 Å². The molecule has 0 spiro atoms. The third kappa shape index (κ3) is 3.18. The Kier molecular flexibility index (Phi) is 4.50. The van der Waals surface area contributed by atoms with Crippen LogP contribution < -0.4 is 10.2 Å². The summed E-state index contributed by atoms with van der Waals surface area (Å²) in [7, 11) is 0. The summed E-state index contributed by atoms with van der Waals surface area (Å²) in [6.45, 7) is 2.18. The largest absolute Gasteiger partial charge is 0.351 e. The number of hydrogen-bond donors (Lipinski definition) is 1. The normalized spacial score (nSPS) is 24.0. The van der Waals surface area contributed by atoms with Gasteiger partial charge < -0.3 is 15.1 Å². The van der Waals surface area contributed by atoms with E-state index in [-0.39, 0.29) is 13.1 Å². The van der Waals surface area contributed by atoms with Gasteiger partial charge in [-0.3, -0.25) is 4.79 Å². The van der Waals surface area contributed by atoms with Crippen LogP contribution in [0.25, 0.3) is 0 Å². The van der Waals surface area contributed by atoms with Crippen molar-refractivity contribution in [3.05, 3.63) is 40.4 Å². The molecule has 2 aromatic rings. The van der Waals surface area contributed by atoms with Crippen molar-refractivity contribution in [1.29, 1.82) is 0 Å². The third-order valence-corrected chi connectivity index (χ3v) is 7.06. The first-order valence-electron chi connectivity index (χ1n) is 9.70. The molecule has 2 saturated heterocycles. The highest BCUT2D eigenvalue weighted by atomic mass is 32.1. The summed E-state index contributed by atoms with van der Waals surface area (Å²) in [4.78, 5) is 25.0. The zero-order valence-corrected chi connectivity index (χ0v) is 16.4. The summed E-state index contributed by atoms with van der Waals surface area (Å²) in [5, 5.41) is 4.37. The maximum atomic E-state index is 14.7. The van der Waals surface area contributed by atoms with Gasteiger partial charge in [0.25, 0.3) is 5.91 Å². The van der Waals surface area contributed by atoms with Crippen molar-refractivity contribution >= 4 is 22.4 Å². The van der Waals surface area contributed by atoms with Crippen LogP contribution in [0.15, 0.2) is 18.3 Å². The summed E-state index contributed by atoms with van der Waals surface area (Å²) >= 11 is 1.51. The number of nitrogens with zero attached hydrogens (tertiary/aromatic N) is 4. The number of nitrogens with one attached hydrogen (secondary N) is 1. The molecule has 2 atom stereocenters. The zero-order chi connectivity index (χ0) is 20.2. The van der Waals surface area contributed by atoms with Crippen molar-refractivity contribution in [2.75, 3.05) is 24.5 Å². The summed E-state index contributed by atoms with van der Waals surface area (Å²) < 4.78 is 42.3. The van der Waals surface area contributed by atoms with Gasteiger partial charge in [-0.2, -0.15) is 13.2 Å². The number of carbonyl (C=O) groups is 1. The Balaban J connectivity index is 1.35. The first kappa shape index (κ1) is 18.8. The van der Waals surface area contributed by atoms with Crippen molar-refractivity contribution in [2.45, 2.75) is 43.8 Å². The van der Waals surface area contributed by atoms with E-state index in [1.807, 2.05) is 0 Å². The number of pyridine rings is 1. The minimum Gasteiger partial charge on any atom is -0.340 e. The number of amides is 1. The van der Waals surface area contributed by atoms with Gasteiger partial charge in [0.05, 0.1) is 12.2 Å². The maximum Gasteiger partial charge on any atom is 0.351 e. The highest BCUT2D eigenvalue weighted by Crippen LogP contribution is 2.39. The monoisotopic (exact) mass is 423 g/mol. The fraction of sp³-hybridized carbons (Fsp3) is 0.526. The summed E-state index contributed by atoms with van der Waals surface area (Å²) in [5.41, 5.74) is 0.302. The molecule has 2 bridgehead atoms. The second-order valence-corrected chi connectivity index (χ2v) is 8.80. The minimum absolute atomic E-state index is 0.122. The van der Waals surface area contributed by atoms with Gasteiger partial charge in [-0.05, 0) is 25.0 Å². The first-order chi connectivity index (χ1) is 13.9. The molecule has 2 unspecified atom stereocenters. The minimum atomic E-state index is -3.75. The van der Waals surface area contributed by atoms with Crippen LogP contribution in [-0.4, -0.2) is 52.5 Å². The fourth-order valence-electron chi connectivity index (χ4n) is 4.44. The fourth-order valence-corrected chi connectivity index (χ4v) is 5.71. The number of halogens is 3. The van der Waals surface area contributed by atoms with E-state index in [1.54, 1.807) is 0 Å². The average molecular weight is 423 g/mol. The van der Waals surface area contributed by atoms with Crippen LogP contribution in [0.2, 0.25) is 0 Å². The molecule has 3 aliphatic heterocycles. The number of hydrogen-bond acceptors (Lipinski definition) is 6. The second kappa shape index (κ2) is 6.94. The van der Waals surface area contributed by atoms with E-state index >= 15 is 0 Å². The average Bonchev–Trinajstić information content (AvgIpc) is 3.24. The van der Waals surface area contributed by atoms with Gasteiger partial charge >= 0.3 is 5.92 Å². The molecule has 1 amide bonds. The van der Waals surface area contributed by atoms with E-state index in [0.717, 1.165) is 53.8 Å². The van der Waals surface area contributed by atoms with E-state index in [9.17, 15) is 18.0 Å². The van der Waals surface area contributed by atoms with Gasteiger partial charge in [-0.15, -0.1) is 0 Å². The number of piperazine rings is 1. The lowest BCUT2D eigenvalue weighted by atomic mass is 10.1. The molecule has 2 aromatic heterocycles. The number of rotatable bonds is 3. The molecule has 0 aliphatic carbocycles. The van der Waals surface area contributed by atoms with Crippen molar-refractivity contribution < 1.29 is 18.0 Å². The molecule has 6 nitrogen and oxygen atoms in total. The van der Waals surface area contributed by atoms with Crippen LogP contribution in [0.3, 0.4) is 0 Å². The Morgan fingerprint density at radius 2 is 2.00 bits per heavy atom. The van der Waals surface area contributed by atoms with E-state index in [4.69, 9.17) is 4.98 Å². The van der Waals surface area contributed by atoms with Crippen molar-refractivity contribution in [3.8, 4) is 0 Å². The van der Waals surface area contributed by atoms with E-state index in [1.165, 1.54) is 16.2 Å². The molecular weight excluding hydrogens is 403 g/mol. The topological polar surface area (TPSA) is 61.4 Å². The summed E-state index contributed by atoms with van der Waals surface area (Å²) in [6, 6.07) is 2.59. The van der Waals surface area contributed by atoms with Crippen molar-refractivity contribution in [1.82, 2.24) is 20.2 Å². The molecule has 154 valence electrons. The first-order valence-corrected chi connectivity index (χ1v) is 10.5. The molecule has 3 aliphatic rings. The van der Waals surface area contributed by atoms with Gasteiger partial charge in [0.2, 0.25) is 5.95 Å². The van der Waals surface area contributed by atoms with Gasteiger partial charge in [0, 0.05) is 54.8 Å². The molecule has 2 fully saturated rings. The summed E-state index contributed by atoms with van der Waals surface area (Å²) in [6.07, 6.45) is 3.43. The molecule has 5 heterocycles. The van der Waals surface area contributed by atoms with E-state index in [0.29, 0.717) is 24.7 Å². The number of fused-ring (bicyclic) bond motifs is 3. The molecule has 0 radical (unpaired) electrons. The van der Waals surface area contributed by atoms with Gasteiger partial charge in [0.15, 0.2) is 5.13 Å². The third-order valence-electron chi connectivity index (χ3n) is 5.97. The number of carbonyl (C=O) groups excluding carboxylic acids is 1. The molecule has 1 N–H and O–H groups in total. The number of aromatic nitrogens is 2. The highest BCUT2D eigenvalue weighted by Gasteiger charge is 2.45. The van der Waals surface area contributed by atoms with Crippen molar-refractivity contribution in [3.63, 3.8) is 0 Å². The van der Waals surface area contributed by atoms with Gasteiger partial charge in [0.1, 0.15) is 0 Å². The Morgan fingerprint density at radius 1 is 1.24 bits per heavy atom. The lowest BCUT2D eigenvalue weighted by molar-refractivity contribution is -0.160. The van der Waals surface area contributed by atoms with E-state index in [2.05, 4.69) is 15.2 Å². The van der Waals surface area contributed by atoms with Crippen LogP contribution in [0, 0.1) is 5.95 Å². The maximum absolute atomic E-state index is 14.7. The SMILES string of the molecule is O=C(N1CCc2nc(N3C4CCC3CNC4)sc2C1)C(F)(F)c1ccc(F)nc1. The van der Waals surface area contributed by atoms with Crippen LogP contribution in [0.1, 0.15) is 29.0 Å². The van der Waals surface area contributed by atoms with Crippen LogP contribution in [0.5, 0.6) is 0 Å². The second-order valence-electron chi connectivity index (χ2n) is 7.74. The molecule has 0 aromatic carbocycles.